The van der Waals surface area contributed by atoms with E-state index in [1.807, 2.05) is 20.9 Å². The van der Waals surface area contributed by atoms with E-state index in [9.17, 15) is 4.79 Å². The van der Waals surface area contributed by atoms with E-state index in [1.54, 1.807) is 16.8 Å². The quantitative estimate of drug-likeness (QED) is 0.680. The molecule has 0 unspecified atom stereocenters. The van der Waals surface area contributed by atoms with E-state index in [0.717, 1.165) is 0 Å². The van der Waals surface area contributed by atoms with Crippen LogP contribution in [0.3, 0.4) is 0 Å². The Kier molecular flexibility index (Phi) is 3.30. The molecule has 0 aliphatic rings. The lowest BCUT2D eigenvalue weighted by atomic mass is 10.4. The summed E-state index contributed by atoms with van der Waals surface area (Å²) in [6.07, 6.45) is 1.77. The molecule has 5 heteroatoms. The fourth-order valence-electron chi connectivity index (χ4n) is 1.12. The maximum atomic E-state index is 11.2. The van der Waals surface area contributed by atoms with Crippen molar-refractivity contribution in [2.75, 3.05) is 0 Å². The average molecular weight is 214 g/mol. The van der Waals surface area contributed by atoms with Crippen LogP contribution in [0.15, 0.2) is 17.1 Å². The van der Waals surface area contributed by atoms with Gasteiger partial charge in [0.1, 0.15) is 5.65 Å². The van der Waals surface area contributed by atoms with Gasteiger partial charge in [0, 0.05) is 13.2 Å². The number of fused-ring (bicyclic) bond motifs is 1. The topological polar surface area (TPSA) is 50.7 Å². The number of aryl methyl sites for hydroxylation is 1. The molecule has 2 heterocycles. The number of aromatic amines is 1. The lowest BCUT2D eigenvalue weighted by Crippen LogP contribution is -2.07. The zero-order valence-electron chi connectivity index (χ0n) is 8.34. The molecular weight excluding hydrogens is 202 g/mol. The Morgan fingerprint density at radius 3 is 2.79 bits per heavy atom. The normalized spacial score (nSPS) is 9.71. The maximum absolute atomic E-state index is 11.2. The van der Waals surface area contributed by atoms with Crippen molar-refractivity contribution in [3.8, 4) is 0 Å². The Hall–Kier alpha value is -1.29. The SMILES string of the molecule is CC.Cn1ccc2c(=O)[nH]c(Cl)nc21. The Morgan fingerprint density at radius 2 is 2.14 bits per heavy atom. The standard InChI is InChI=1S/C7H6ClN3O.C2H6/c1-11-3-2-4-5(11)9-7(8)10-6(4)12;1-2/h2-3H,1H3,(H,9,10,12);1-2H3. The molecule has 0 spiro atoms. The average Bonchev–Trinajstić information content (AvgIpc) is 2.52. The summed E-state index contributed by atoms with van der Waals surface area (Å²) in [4.78, 5) is 17.6. The molecule has 0 fully saturated rings. The zero-order valence-corrected chi connectivity index (χ0v) is 9.09. The Bertz CT molecular complexity index is 486. The fraction of sp³-hybridized carbons (Fsp3) is 0.333. The molecule has 0 radical (unpaired) electrons. The first-order valence-electron chi connectivity index (χ1n) is 4.39. The lowest BCUT2D eigenvalue weighted by molar-refractivity contribution is 0.942. The molecule has 0 aliphatic carbocycles. The predicted octanol–water partition coefficient (Wildman–Crippen LogP) is 1.94. The third-order valence-corrected chi connectivity index (χ3v) is 1.88. The third kappa shape index (κ3) is 1.80. The molecule has 76 valence electrons. The summed E-state index contributed by atoms with van der Waals surface area (Å²) in [5.74, 6) is 0. The van der Waals surface area contributed by atoms with Crippen molar-refractivity contribution in [3.05, 3.63) is 27.9 Å². The summed E-state index contributed by atoms with van der Waals surface area (Å²) in [6, 6.07) is 1.71. The van der Waals surface area contributed by atoms with Gasteiger partial charge in [-0.1, -0.05) is 13.8 Å². The van der Waals surface area contributed by atoms with E-state index in [0.29, 0.717) is 11.0 Å². The van der Waals surface area contributed by atoms with Crippen LogP contribution in [0.4, 0.5) is 0 Å². The summed E-state index contributed by atoms with van der Waals surface area (Å²) < 4.78 is 1.75. The highest BCUT2D eigenvalue weighted by atomic mass is 35.5. The van der Waals surface area contributed by atoms with E-state index < -0.39 is 0 Å². The van der Waals surface area contributed by atoms with Gasteiger partial charge in [0.15, 0.2) is 0 Å². The van der Waals surface area contributed by atoms with Crippen molar-refractivity contribution >= 4 is 22.6 Å². The van der Waals surface area contributed by atoms with Gasteiger partial charge in [0.2, 0.25) is 5.28 Å². The molecule has 0 atom stereocenters. The first-order chi connectivity index (χ1) is 6.68. The molecule has 2 aromatic rings. The minimum absolute atomic E-state index is 0.120. The highest BCUT2D eigenvalue weighted by Crippen LogP contribution is 2.08. The van der Waals surface area contributed by atoms with Crippen LogP contribution >= 0.6 is 11.6 Å². The van der Waals surface area contributed by atoms with Crippen molar-refractivity contribution in [1.29, 1.82) is 0 Å². The van der Waals surface area contributed by atoms with Gasteiger partial charge in [-0.2, -0.15) is 0 Å². The molecular formula is C9H12ClN3O. The number of hydrogen-bond donors (Lipinski definition) is 1. The van der Waals surface area contributed by atoms with Crippen LogP contribution in [0.1, 0.15) is 13.8 Å². The van der Waals surface area contributed by atoms with E-state index in [1.165, 1.54) is 0 Å². The molecule has 0 bridgehead atoms. The van der Waals surface area contributed by atoms with Crippen molar-refractivity contribution < 1.29 is 0 Å². The fourth-order valence-corrected chi connectivity index (χ4v) is 1.29. The van der Waals surface area contributed by atoms with Crippen molar-refractivity contribution in [3.63, 3.8) is 0 Å². The van der Waals surface area contributed by atoms with Gasteiger partial charge in [-0.3, -0.25) is 9.78 Å². The number of nitrogens with one attached hydrogen (secondary N) is 1. The molecule has 0 aromatic carbocycles. The predicted molar refractivity (Wildman–Crippen MR) is 57.7 cm³/mol. The number of rotatable bonds is 0. The van der Waals surface area contributed by atoms with Crippen LogP contribution in [0.5, 0.6) is 0 Å². The van der Waals surface area contributed by atoms with Gasteiger partial charge >= 0.3 is 0 Å². The van der Waals surface area contributed by atoms with Crippen LogP contribution in [-0.4, -0.2) is 14.5 Å². The zero-order chi connectivity index (χ0) is 10.7. The number of H-pyrrole nitrogens is 1. The van der Waals surface area contributed by atoms with E-state index in [2.05, 4.69) is 9.97 Å². The highest BCUT2D eigenvalue weighted by Gasteiger charge is 2.04. The summed E-state index contributed by atoms with van der Waals surface area (Å²) in [6.45, 7) is 4.00. The molecule has 4 nitrogen and oxygen atoms in total. The lowest BCUT2D eigenvalue weighted by Gasteiger charge is -1.94. The van der Waals surface area contributed by atoms with Gasteiger partial charge in [-0.05, 0) is 17.7 Å². The van der Waals surface area contributed by atoms with Crippen molar-refractivity contribution in [2.45, 2.75) is 13.8 Å². The van der Waals surface area contributed by atoms with Gasteiger partial charge in [-0.15, -0.1) is 0 Å². The van der Waals surface area contributed by atoms with Crippen LogP contribution in [0, 0.1) is 0 Å². The minimum Gasteiger partial charge on any atom is -0.335 e. The molecule has 0 saturated heterocycles. The second-order valence-corrected chi connectivity index (χ2v) is 2.88. The molecule has 14 heavy (non-hydrogen) atoms. The maximum Gasteiger partial charge on any atom is 0.261 e. The van der Waals surface area contributed by atoms with Crippen LogP contribution in [0.25, 0.3) is 11.0 Å². The van der Waals surface area contributed by atoms with Gasteiger partial charge in [0.25, 0.3) is 5.56 Å². The smallest absolute Gasteiger partial charge is 0.261 e. The monoisotopic (exact) mass is 213 g/mol. The van der Waals surface area contributed by atoms with Crippen LogP contribution in [0.2, 0.25) is 5.28 Å². The second-order valence-electron chi connectivity index (χ2n) is 2.52. The Balaban J connectivity index is 0.000000461. The van der Waals surface area contributed by atoms with E-state index in [4.69, 9.17) is 11.6 Å². The number of halogens is 1. The molecule has 0 saturated carbocycles. The summed E-state index contributed by atoms with van der Waals surface area (Å²) in [7, 11) is 1.81. The third-order valence-electron chi connectivity index (χ3n) is 1.71. The molecule has 0 aliphatic heterocycles. The second kappa shape index (κ2) is 4.28. The van der Waals surface area contributed by atoms with Crippen molar-refractivity contribution in [1.82, 2.24) is 14.5 Å². The largest absolute Gasteiger partial charge is 0.335 e. The van der Waals surface area contributed by atoms with Gasteiger partial charge in [0.05, 0.1) is 5.39 Å². The summed E-state index contributed by atoms with van der Waals surface area (Å²) in [5, 5.41) is 0.677. The highest BCUT2D eigenvalue weighted by molar-refractivity contribution is 6.28. The number of hydrogen-bond acceptors (Lipinski definition) is 2. The molecule has 0 amide bonds. The minimum atomic E-state index is -0.203. The van der Waals surface area contributed by atoms with Gasteiger partial charge < -0.3 is 4.57 Å². The molecule has 2 rings (SSSR count). The molecule has 2 aromatic heterocycles. The Labute approximate surface area is 86.5 Å². The summed E-state index contributed by atoms with van der Waals surface area (Å²) >= 11 is 5.57. The van der Waals surface area contributed by atoms with Gasteiger partial charge in [-0.25, -0.2) is 4.98 Å². The number of nitrogens with zero attached hydrogens (tertiary/aromatic N) is 2. The van der Waals surface area contributed by atoms with E-state index in [-0.39, 0.29) is 10.8 Å². The van der Waals surface area contributed by atoms with Crippen LogP contribution in [-0.2, 0) is 7.05 Å². The van der Waals surface area contributed by atoms with E-state index >= 15 is 0 Å². The first-order valence-corrected chi connectivity index (χ1v) is 4.77. The van der Waals surface area contributed by atoms with Crippen molar-refractivity contribution in [2.24, 2.45) is 7.05 Å². The Morgan fingerprint density at radius 1 is 1.50 bits per heavy atom. The van der Waals surface area contributed by atoms with Crippen LogP contribution < -0.4 is 5.56 Å². The molecule has 1 N–H and O–H groups in total. The number of aromatic nitrogens is 3. The first kappa shape index (κ1) is 10.8. The summed E-state index contributed by atoms with van der Waals surface area (Å²) in [5.41, 5.74) is 0.398.